The van der Waals surface area contributed by atoms with Gasteiger partial charge in [-0.15, -0.1) is 0 Å². The Bertz CT molecular complexity index is 768. The van der Waals surface area contributed by atoms with E-state index >= 15 is 0 Å². The van der Waals surface area contributed by atoms with E-state index in [2.05, 4.69) is 15.2 Å². The van der Waals surface area contributed by atoms with Crippen LogP contribution < -0.4 is 14.8 Å². The highest BCUT2D eigenvalue weighted by Gasteiger charge is 2.41. The summed E-state index contributed by atoms with van der Waals surface area (Å²) < 4.78 is 15.3. The topological polar surface area (TPSA) is 113 Å². The Morgan fingerprint density at radius 2 is 1.94 bits per heavy atom. The Morgan fingerprint density at radius 1 is 1.19 bits per heavy atom. The monoisotopic (exact) mass is 436 g/mol. The molecule has 2 fully saturated rings. The van der Waals surface area contributed by atoms with Crippen LogP contribution in [0.4, 0.5) is 0 Å². The van der Waals surface area contributed by atoms with Gasteiger partial charge in [0.15, 0.2) is 0 Å². The molecule has 2 atom stereocenters. The molecular weight excluding hydrogens is 404 g/mol. The molecule has 0 aliphatic carbocycles. The third-order valence-electron chi connectivity index (χ3n) is 5.91. The first-order valence-corrected chi connectivity index (χ1v) is 10.6. The zero-order valence-corrected chi connectivity index (χ0v) is 18.4. The molecule has 0 bridgehead atoms. The summed E-state index contributed by atoms with van der Waals surface area (Å²) in [6.07, 6.45) is 1.36. The SMILES string of the molecule is COCCNC(=O)[C@@H]1C[C@@H](O)CN1C1CCN(C(=O)c2ccc(OC)nc2OC)CC1. The summed E-state index contributed by atoms with van der Waals surface area (Å²) in [4.78, 5) is 33.7. The Hall–Kier alpha value is -2.43. The molecule has 31 heavy (non-hydrogen) atoms. The lowest BCUT2D eigenvalue weighted by molar-refractivity contribution is -0.126. The number of β-amino-alcohol motifs (C(OH)–C–C–N with tert-alkyl or cyclic N) is 1. The Morgan fingerprint density at radius 3 is 2.58 bits per heavy atom. The summed E-state index contributed by atoms with van der Waals surface area (Å²) in [6.45, 7) is 2.48. The Balaban J connectivity index is 1.60. The number of aliphatic hydroxyl groups is 1. The summed E-state index contributed by atoms with van der Waals surface area (Å²) in [7, 11) is 4.57. The molecule has 10 nitrogen and oxygen atoms in total. The highest BCUT2D eigenvalue weighted by atomic mass is 16.5. The number of aliphatic hydroxyl groups excluding tert-OH is 1. The number of amides is 2. The first-order valence-electron chi connectivity index (χ1n) is 10.6. The van der Waals surface area contributed by atoms with Gasteiger partial charge in [0.1, 0.15) is 5.56 Å². The number of likely N-dealkylation sites (tertiary alicyclic amines) is 2. The molecule has 0 saturated carbocycles. The van der Waals surface area contributed by atoms with E-state index in [0.717, 1.165) is 12.8 Å². The highest BCUT2D eigenvalue weighted by molar-refractivity contribution is 5.96. The van der Waals surface area contributed by atoms with Crippen molar-refractivity contribution in [2.75, 3.05) is 54.1 Å². The number of aromatic nitrogens is 1. The van der Waals surface area contributed by atoms with Crippen molar-refractivity contribution >= 4 is 11.8 Å². The zero-order chi connectivity index (χ0) is 22.4. The third-order valence-corrected chi connectivity index (χ3v) is 5.91. The second-order valence-electron chi connectivity index (χ2n) is 7.82. The number of ether oxygens (including phenoxy) is 3. The van der Waals surface area contributed by atoms with Gasteiger partial charge in [0.2, 0.25) is 17.7 Å². The van der Waals surface area contributed by atoms with Crippen LogP contribution in [0.3, 0.4) is 0 Å². The van der Waals surface area contributed by atoms with Crippen LogP contribution in [0.15, 0.2) is 12.1 Å². The minimum Gasteiger partial charge on any atom is -0.481 e. The van der Waals surface area contributed by atoms with Crippen LogP contribution in [-0.4, -0.2) is 104 Å². The quantitative estimate of drug-likeness (QED) is 0.543. The van der Waals surface area contributed by atoms with Crippen molar-refractivity contribution in [1.82, 2.24) is 20.1 Å². The molecule has 2 N–H and O–H groups in total. The van der Waals surface area contributed by atoms with Crippen LogP contribution in [-0.2, 0) is 9.53 Å². The molecule has 2 saturated heterocycles. The number of hydrogen-bond donors (Lipinski definition) is 2. The van der Waals surface area contributed by atoms with E-state index in [1.54, 1.807) is 24.1 Å². The van der Waals surface area contributed by atoms with E-state index in [9.17, 15) is 14.7 Å². The molecule has 0 spiro atoms. The maximum atomic E-state index is 13.0. The number of methoxy groups -OCH3 is 3. The summed E-state index contributed by atoms with van der Waals surface area (Å²) in [6, 6.07) is 3.08. The normalized spacial score (nSPS) is 22.4. The molecule has 0 radical (unpaired) electrons. The van der Waals surface area contributed by atoms with Crippen LogP contribution in [0.5, 0.6) is 11.8 Å². The van der Waals surface area contributed by atoms with E-state index in [1.807, 2.05) is 0 Å². The van der Waals surface area contributed by atoms with Gasteiger partial charge in [-0.2, -0.15) is 4.98 Å². The number of carbonyl (C=O) groups is 2. The zero-order valence-electron chi connectivity index (χ0n) is 18.4. The van der Waals surface area contributed by atoms with Crippen LogP contribution >= 0.6 is 0 Å². The first-order chi connectivity index (χ1) is 15.0. The lowest BCUT2D eigenvalue weighted by atomic mass is 10.0. The van der Waals surface area contributed by atoms with Gasteiger partial charge < -0.3 is 29.5 Å². The van der Waals surface area contributed by atoms with Crippen LogP contribution in [0.25, 0.3) is 0 Å². The summed E-state index contributed by atoms with van der Waals surface area (Å²) >= 11 is 0. The second kappa shape index (κ2) is 10.7. The van der Waals surface area contributed by atoms with Gasteiger partial charge >= 0.3 is 0 Å². The maximum Gasteiger partial charge on any atom is 0.259 e. The Labute approximate surface area is 182 Å². The fraction of sp³-hybridized carbons (Fsp3) is 0.667. The van der Waals surface area contributed by atoms with Gasteiger partial charge in [-0.05, 0) is 25.3 Å². The predicted molar refractivity (Wildman–Crippen MR) is 112 cm³/mol. The molecule has 3 rings (SSSR count). The van der Waals surface area contributed by atoms with Crippen LogP contribution in [0.1, 0.15) is 29.6 Å². The van der Waals surface area contributed by atoms with E-state index < -0.39 is 6.10 Å². The first kappa shape index (κ1) is 23.2. The molecular formula is C21H32N4O6. The van der Waals surface area contributed by atoms with E-state index in [0.29, 0.717) is 50.7 Å². The molecule has 1 aromatic heterocycles. The molecule has 1 aromatic rings. The van der Waals surface area contributed by atoms with E-state index in [1.165, 1.54) is 14.2 Å². The lowest BCUT2D eigenvalue weighted by Crippen LogP contribution is -2.52. The van der Waals surface area contributed by atoms with Crippen molar-refractivity contribution in [2.45, 2.75) is 37.5 Å². The van der Waals surface area contributed by atoms with Gasteiger partial charge in [-0.25, -0.2) is 0 Å². The molecule has 10 heteroatoms. The Kier molecular flexibility index (Phi) is 8.05. The van der Waals surface area contributed by atoms with Gasteiger partial charge in [0, 0.05) is 45.4 Å². The van der Waals surface area contributed by atoms with Crippen molar-refractivity contribution in [1.29, 1.82) is 0 Å². The number of piperidine rings is 1. The van der Waals surface area contributed by atoms with Crippen molar-refractivity contribution in [3.63, 3.8) is 0 Å². The molecule has 2 amide bonds. The number of nitrogens with one attached hydrogen (secondary N) is 1. The third kappa shape index (κ3) is 5.44. The van der Waals surface area contributed by atoms with Crippen molar-refractivity contribution in [2.24, 2.45) is 0 Å². The van der Waals surface area contributed by atoms with Crippen molar-refractivity contribution in [3.05, 3.63) is 17.7 Å². The fourth-order valence-corrected chi connectivity index (χ4v) is 4.32. The van der Waals surface area contributed by atoms with E-state index in [-0.39, 0.29) is 29.8 Å². The van der Waals surface area contributed by atoms with Crippen molar-refractivity contribution in [3.8, 4) is 11.8 Å². The number of nitrogens with zero attached hydrogens (tertiary/aromatic N) is 3. The van der Waals surface area contributed by atoms with Crippen LogP contribution in [0, 0.1) is 0 Å². The predicted octanol–water partition coefficient (Wildman–Crippen LogP) is -0.0988. The van der Waals surface area contributed by atoms with Crippen molar-refractivity contribution < 1.29 is 28.9 Å². The number of pyridine rings is 1. The maximum absolute atomic E-state index is 13.0. The smallest absolute Gasteiger partial charge is 0.259 e. The standard InChI is InChI=1S/C21H32N4O6/c1-29-11-8-22-19(27)17-12-15(26)13-25(17)14-6-9-24(10-7-14)21(28)16-4-5-18(30-2)23-20(16)31-3/h4-5,14-15,17,26H,6-13H2,1-3H3,(H,22,27)/t15-,17+/m1/s1. The highest BCUT2D eigenvalue weighted by Crippen LogP contribution is 2.28. The molecule has 3 heterocycles. The number of hydrogen-bond acceptors (Lipinski definition) is 8. The van der Waals surface area contributed by atoms with Gasteiger partial charge in [0.05, 0.1) is 33.0 Å². The summed E-state index contributed by atoms with van der Waals surface area (Å²) in [5, 5.41) is 13.0. The van der Waals surface area contributed by atoms with Gasteiger partial charge in [-0.1, -0.05) is 0 Å². The summed E-state index contributed by atoms with van der Waals surface area (Å²) in [5.74, 6) is 0.401. The molecule has 0 unspecified atom stereocenters. The molecule has 2 aliphatic heterocycles. The minimum absolute atomic E-state index is 0.0823. The number of rotatable bonds is 8. The lowest BCUT2D eigenvalue weighted by Gasteiger charge is -2.39. The van der Waals surface area contributed by atoms with Gasteiger partial charge in [-0.3, -0.25) is 14.5 Å². The molecule has 172 valence electrons. The average Bonchev–Trinajstić information content (AvgIpc) is 3.20. The summed E-state index contributed by atoms with van der Waals surface area (Å²) in [5.41, 5.74) is 0.397. The molecule has 0 aromatic carbocycles. The fourth-order valence-electron chi connectivity index (χ4n) is 4.32. The number of carbonyl (C=O) groups excluding carboxylic acids is 2. The average molecular weight is 437 g/mol. The van der Waals surface area contributed by atoms with E-state index in [4.69, 9.17) is 14.2 Å². The largest absolute Gasteiger partial charge is 0.481 e. The second-order valence-corrected chi connectivity index (χ2v) is 7.82. The van der Waals surface area contributed by atoms with Crippen LogP contribution in [0.2, 0.25) is 0 Å². The minimum atomic E-state index is -0.521. The molecule has 2 aliphatic rings. The van der Waals surface area contributed by atoms with Gasteiger partial charge in [0.25, 0.3) is 5.91 Å².